The Kier molecular flexibility index (Phi) is 5.48. The monoisotopic (exact) mass is 483 g/mol. The van der Waals surface area contributed by atoms with Gasteiger partial charge in [-0.2, -0.15) is 5.06 Å². The van der Waals surface area contributed by atoms with Gasteiger partial charge >= 0.3 is 0 Å². The highest BCUT2D eigenvalue weighted by Crippen LogP contribution is 2.52. The zero-order valence-electron chi connectivity index (χ0n) is 18.8. The number of fused-ring (bicyclic) bond motifs is 1. The number of thioether (sulfide) groups is 1. The molecule has 172 valence electrons. The number of benzene rings is 2. The van der Waals surface area contributed by atoms with Crippen LogP contribution in [-0.2, 0) is 14.4 Å². The molecule has 3 aliphatic rings. The molecular formula is C24H25N3O4S2. The maximum absolute atomic E-state index is 13.7. The van der Waals surface area contributed by atoms with Crippen LogP contribution >= 0.6 is 24.0 Å². The van der Waals surface area contributed by atoms with Gasteiger partial charge in [0.05, 0.1) is 30.3 Å². The van der Waals surface area contributed by atoms with E-state index in [1.165, 1.54) is 16.7 Å². The fraction of sp³-hybridized carbons (Fsp3) is 0.375. The Hall–Kier alpha value is -2.46. The first kappa shape index (κ1) is 22.3. The van der Waals surface area contributed by atoms with Gasteiger partial charge in [0.2, 0.25) is 5.91 Å². The van der Waals surface area contributed by atoms with Gasteiger partial charge in [-0.3, -0.25) is 14.4 Å². The molecular weight excluding hydrogens is 458 g/mol. The molecule has 3 fully saturated rings. The minimum absolute atomic E-state index is 0.180. The van der Waals surface area contributed by atoms with Crippen molar-refractivity contribution < 1.29 is 19.2 Å². The summed E-state index contributed by atoms with van der Waals surface area (Å²) in [6.07, 6.45) is -0.888. The molecule has 3 aliphatic heterocycles. The number of methoxy groups -OCH3 is 1. The number of amides is 2. The zero-order chi connectivity index (χ0) is 23.5. The average molecular weight is 484 g/mol. The van der Waals surface area contributed by atoms with E-state index in [1.807, 2.05) is 47.3 Å². The van der Waals surface area contributed by atoms with Crippen LogP contribution in [0.25, 0.3) is 0 Å². The Morgan fingerprint density at radius 1 is 1.03 bits per heavy atom. The number of hydrogen-bond acceptors (Lipinski definition) is 7. The van der Waals surface area contributed by atoms with Crippen molar-refractivity contribution in [2.75, 3.05) is 19.1 Å². The molecule has 0 unspecified atom stereocenters. The summed E-state index contributed by atoms with van der Waals surface area (Å²) in [6.45, 7) is 4.19. The summed E-state index contributed by atoms with van der Waals surface area (Å²) in [6, 6.07) is 16.3. The number of rotatable bonds is 4. The first-order valence-electron chi connectivity index (χ1n) is 10.7. The first-order valence-corrected chi connectivity index (χ1v) is 12.0. The van der Waals surface area contributed by atoms with Crippen molar-refractivity contribution in [3.8, 4) is 5.75 Å². The molecule has 0 radical (unpaired) electrons. The van der Waals surface area contributed by atoms with E-state index in [0.717, 1.165) is 9.88 Å². The lowest BCUT2D eigenvalue weighted by Crippen LogP contribution is -2.51. The van der Waals surface area contributed by atoms with Crippen molar-refractivity contribution in [3.63, 3.8) is 0 Å². The van der Waals surface area contributed by atoms with Crippen LogP contribution < -0.4 is 9.64 Å². The summed E-state index contributed by atoms with van der Waals surface area (Å²) in [4.78, 5) is 36.8. The topological polar surface area (TPSA) is 62.3 Å². The predicted octanol–water partition coefficient (Wildman–Crippen LogP) is 3.61. The van der Waals surface area contributed by atoms with Crippen LogP contribution in [-0.4, -0.2) is 57.3 Å². The molecule has 5 rings (SSSR count). The van der Waals surface area contributed by atoms with Crippen molar-refractivity contribution in [1.82, 2.24) is 9.96 Å². The highest BCUT2D eigenvalue weighted by molar-refractivity contribution is 8.23. The minimum Gasteiger partial charge on any atom is -0.497 e. The lowest BCUT2D eigenvalue weighted by atomic mass is 9.90. The van der Waals surface area contributed by atoms with E-state index in [4.69, 9.17) is 21.8 Å². The Balaban J connectivity index is 1.54. The van der Waals surface area contributed by atoms with Gasteiger partial charge in [-0.25, -0.2) is 4.90 Å². The fourth-order valence-corrected chi connectivity index (χ4v) is 6.53. The molecule has 0 saturated carbocycles. The molecule has 3 heterocycles. The molecule has 7 nitrogen and oxygen atoms in total. The maximum Gasteiger partial charge on any atom is 0.265 e. The van der Waals surface area contributed by atoms with E-state index in [1.54, 1.807) is 31.4 Å². The average Bonchev–Trinajstić information content (AvgIpc) is 3.39. The van der Waals surface area contributed by atoms with E-state index in [2.05, 4.69) is 13.8 Å². The molecule has 4 atom stereocenters. The Labute approximate surface area is 202 Å². The third-order valence-electron chi connectivity index (χ3n) is 6.80. The van der Waals surface area contributed by atoms with Gasteiger partial charge in [0.1, 0.15) is 15.4 Å². The van der Waals surface area contributed by atoms with Crippen LogP contribution in [0.3, 0.4) is 0 Å². The number of ether oxygens (including phenoxy) is 1. The van der Waals surface area contributed by atoms with Gasteiger partial charge in [0, 0.05) is 7.05 Å². The van der Waals surface area contributed by atoms with Crippen molar-refractivity contribution in [1.29, 1.82) is 0 Å². The number of nitrogens with zero attached hydrogens (tertiary/aromatic N) is 3. The molecule has 2 aromatic carbocycles. The molecule has 0 aromatic heterocycles. The molecule has 2 amide bonds. The van der Waals surface area contributed by atoms with Crippen LogP contribution in [0.5, 0.6) is 5.75 Å². The second kappa shape index (κ2) is 8.09. The quantitative estimate of drug-likeness (QED) is 0.483. The molecule has 9 heteroatoms. The van der Waals surface area contributed by atoms with Gasteiger partial charge in [-0.15, -0.1) is 0 Å². The summed E-state index contributed by atoms with van der Waals surface area (Å²) < 4.78 is 5.97. The number of thiocarbonyl (C=S) groups is 1. The number of imide groups is 1. The molecule has 0 bridgehead atoms. The number of anilines is 1. The lowest BCUT2D eigenvalue weighted by molar-refractivity contribution is -0.188. The number of hydrogen-bond donors (Lipinski definition) is 0. The molecule has 0 aliphatic carbocycles. The highest BCUT2D eigenvalue weighted by Gasteiger charge is 2.63. The van der Waals surface area contributed by atoms with Gasteiger partial charge in [-0.05, 0) is 43.7 Å². The number of carbonyl (C=O) groups is 2. The largest absolute Gasteiger partial charge is 0.497 e. The predicted molar refractivity (Wildman–Crippen MR) is 131 cm³/mol. The number of likely N-dealkylation sites (N-methyl/N-ethyl adjacent to an activating group) is 1. The van der Waals surface area contributed by atoms with Crippen molar-refractivity contribution in [2.24, 2.45) is 5.92 Å². The van der Waals surface area contributed by atoms with Crippen molar-refractivity contribution >= 4 is 45.8 Å². The number of hydroxylamine groups is 2. The van der Waals surface area contributed by atoms with E-state index < -0.39 is 18.1 Å². The molecule has 0 N–H and O–H groups in total. The molecule has 2 aromatic rings. The second-order valence-electron chi connectivity index (χ2n) is 8.93. The minimum atomic E-state index is -0.888. The van der Waals surface area contributed by atoms with E-state index in [9.17, 15) is 9.59 Å². The lowest BCUT2D eigenvalue weighted by Gasteiger charge is -2.39. The van der Waals surface area contributed by atoms with Gasteiger partial charge < -0.3 is 9.64 Å². The van der Waals surface area contributed by atoms with E-state index in [-0.39, 0.29) is 22.7 Å². The molecule has 3 saturated heterocycles. The van der Waals surface area contributed by atoms with E-state index in [0.29, 0.717) is 11.4 Å². The Morgan fingerprint density at radius 2 is 1.70 bits per heavy atom. The van der Waals surface area contributed by atoms with Gasteiger partial charge in [0.15, 0.2) is 6.10 Å². The van der Waals surface area contributed by atoms with Crippen LogP contribution in [0.1, 0.15) is 25.5 Å². The summed E-state index contributed by atoms with van der Waals surface area (Å²) >= 11 is 7.09. The normalized spacial score (nSPS) is 29.2. The van der Waals surface area contributed by atoms with Crippen LogP contribution in [0.2, 0.25) is 0 Å². The Bertz CT molecular complexity index is 1110. The standard InChI is InChI=1S/C24H25N3O4S2/c1-24(2)22(33-23(32)25(24)3)27-18(14-8-6-5-7-9-14)17-19(31-27)21(29)26(20(17)28)15-10-12-16(30-4)13-11-15/h5-13,17-19,22H,1-4H3/t17-,18-,19+,22+/m0/s1. The van der Waals surface area contributed by atoms with Crippen molar-refractivity contribution in [3.05, 3.63) is 60.2 Å². The molecule has 33 heavy (non-hydrogen) atoms. The van der Waals surface area contributed by atoms with Gasteiger partial charge in [-0.1, -0.05) is 54.3 Å². The summed E-state index contributed by atoms with van der Waals surface area (Å²) in [5, 5.41) is 1.66. The van der Waals surface area contributed by atoms with E-state index >= 15 is 0 Å². The maximum atomic E-state index is 13.7. The smallest absolute Gasteiger partial charge is 0.265 e. The summed E-state index contributed by atoms with van der Waals surface area (Å²) in [7, 11) is 3.54. The Morgan fingerprint density at radius 3 is 2.27 bits per heavy atom. The fourth-order valence-electron chi connectivity index (χ4n) is 4.71. The first-order chi connectivity index (χ1) is 15.8. The summed E-state index contributed by atoms with van der Waals surface area (Å²) in [5.41, 5.74) is 1.09. The van der Waals surface area contributed by atoms with Crippen molar-refractivity contribution in [2.45, 2.75) is 36.9 Å². The molecule has 0 spiro atoms. The second-order valence-corrected chi connectivity index (χ2v) is 10.6. The number of carbonyl (C=O) groups excluding carboxylic acids is 2. The van der Waals surface area contributed by atoms with Crippen LogP contribution in [0.4, 0.5) is 5.69 Å². The zero-order valence-corrected chi connectivity index (χ0v) is 20.4. The van der Waals surface area contributed by atoms with Crippen LogP contribution in [0.15, 0.2) is 54.6 Å². The van der Waals surface area contributed by atoms with Crippen LogP contribution in [0, 0.1) is 5.92 Å². The van der Waals surface area contributed by atoms with Gasteiger partial charge in [0.25, 0.3) is 5.91 Å². The third kappa shape index (κ3) is 3.37. The summed E-state index contributed by atoms with van der Waals surface area (Å²) in [5.74, 6) is -0.611. The highest BCUT2D eigenvalue weighted by atomic mass is 32.2. The third-order valence-corrected chi connectivity index (χ3v) is 8.85. The SMILES string of the molecule is COc1ccc(N2C(=O)[C@@H]3[C@@H](ON([C@@H]4SC(=S)N(C)C4(C)C)[C@H]3c3ccccc3)C2=O)cc1.